The number of hydrogen-bond donors (Lipinski definition) is 3. The summed E-state index contributed by atoms with van der Waals surface area (Å²) in [5.41, 5.74) is 0.647. The van der Waals surface area contributed by atoms with Crippen LogP contribution in [0.15, 0.2) is 47.4 Å². The van der Waals surface area contributed by atoms with Gasteiger partial charge in [-0.1, -0.05) is 12.1 Å². The highest BCUT2D eigenvalue weighted by Crippen LogP contribution is 2.21. The van der Waals surface area contributed by atoms with Crippen molar-refractivity contribution in [1.82, 2.24) is 10.6 Å². The maximum absolute atomic E-state index is 13.4. The maximum Gasteiger partial charge on any atom is 0.261 e. The van der Waals surface area contributed by atoms with Gasteiger partial charge in [0.15, 0.2) is 0 Å². The third kappa shape index (κ3) is 4.97. The molecule has 0 aromatic heterocycles. The zero-order valence-corrected chi connectivity index (χ0v) is 16.3. The van der Waals surface area contributed by atoms with Gasteiger partial charge in [0.25, 0.3) is 15.9 Å². The summed E-state index contributed by atoms with van der Waals surface area (Å²) in [6, 6.07) is 9.94. The van der Waals surface area contributed by atoms with Crippen molar-refractivity contribution in [1.29, 1.82) is 0 Å². The molecule has 0 spiro atoms. The van der Waals surface area contributed by atoms with E-state index in [0.29, 0.717) is 12.5 Å². The first-order valence-electron chi connectivity index (χ1n) is 8.24. The SMILES string of the molecule is Cc1cc(S(=O)(=O)Nc2ccccc2C(=O)NCC2CNC2)ccc1F.Cl. The molecule has 1 aliphatic heterocycles. The van der Waals surface area contributed by atoms with Crippen LogP contribution in [0.2, 0.25) is 0 Å². The molecule has 1 saturated heterocycles. The third-order valence-electron chi connectivity index (χ3n) is 4.27. The molecule has 0 bridgehead atoms. The van der Waals surface area contributed by atoms with E-state index < -0.39 is 15.8 Å². The van der Waals surface area contributed by atoms with E-state index in [9.17, 15) is 17.6 Å². The number of anilines is 1. The Hall–Kier alpha value is -2.16. The summed E-state index contributed by atoms with van der Waals surface area (Å²) < 4.78 is 41.0. The first-order chi connectivity index (χ1) is 12.4. The molecule has 0 atom stereocenters. The van der Waals surface area contributed by atoms with Gasteiger partial charge in [-0.25, -0.2) is 12.8 Å². The van der Waals surface area contributed by atoms with Crippen molar-refractivity contribution in [3.05, 3.63) is 59.4 Å². The molecular formula is C18H21ClFN3O3S. The standard InChI is InChI=1S/C18H20FN3O3S.ClH/c1-12-8-14(6-7-16(12)19)26(24,25)22-17-5-3-2-4-15(17)18(23)21-11-13-9-20-10-13;/h2-8,13,20,22H,9-11H2,1H3,(H,21,23);1H. The number of para-hydroxylation sites is 1. The largest absolute Gasteiger partial charge is 0.352 e. The van der Waals surface area contributed by atoms with Crippen LogP contribution in [0, 0.1) is 18.7 Å². The Labute approximate surface area is 164 Å². The maximum atomic E-state index is 13.4. The minimum atomic E-state index is -3.94. The smallest absolute Gasteiger partial charge is 0.261 e. The van der Waals surface area contributed by atoms with Crippen LogP contribution in [0.25, 0.3) is 0 Å². The van der Waals surface area contributed by atoms with Crippen molar-refractivity contribution in [2.24, 2.45) is 5.92 Å². The molecule has 3 N–H and O–H groups in total. The number of aryl methyl sites for hydroxylation is 1. The average Bonchev–Trinajstić information content (AvgIpc) is 2.56. The van der Waals surface area contributed by atoms with Crippen LogP contribution in [0.5, 0.6) is 0 Å². The topological polar surface area (TPSA) is 87.3 Å². The minimum absolute atomic E-state index is 0. The van der Waals surface area contributed by atoms with Crippen LogP contribution >= 0.6 is 12.4 Å². The summed E-state index contributed by atoms with van der Waals surface area (Å²) in [6.45, 7) is 3.74. The molecule has 1 heterocycles. The molecule has 0 radical (unpaired) electrons. The lowest BCUT2D eigenvalue weighted by Gasteiger charge is -2.27. The molecule has 0 unspecified atom stereocenters. The second-order valence-electron chi connectivity index (χ2n) is 6.30. The molecular weight excluding hydrogens is 393 g/mol. The second-order valence-corrected chi connectivity index (χ2v) is 7.98. The molecule has 0 saturated carbocycles. The van der Waals surface area contributed by atoms with Gasteiger partial charge in [0.2, 0.25) is 0 Å². The van der Waals surface area contributed by atoms with Gasteiger partial charge in [0.1, 0.15) is 5.82 Å². The molecule has 1 amide bonds. The fraction of sp³-hybridized carbons (Fsp3) is 0.278. The van der Waals surface area contributed by atoms with E-state index >= 15 is 0 Å². The van der Waals surface area contributed by atoms with Crippen molar-refractivity contribution in [3.63, 3.8) is 0 Å². The number of nitrogens with one attached hydrogen (secondary N) is 3. The molecule has 9 heteroatoms. The van der Waals surface area contributed by atoms with E-state index in [1.54, 1.807) is 18.2 Å². The van der Waals surface area contributed by atoms with E-state index in [-0.39, 0.29) is 40.0 Å². The van der Waals surface area contributed by atoms with Gasteiger partial charge in [-0.2, -0.15) is 0 Å². The van der Waals surface area contributed by atoms with Crippen LogP contribution in [0.1, 0.15) is 15.9 Å². The lowest BCUT2D eigenvalue weighted by Crippen LogP contribution is -2.48. The fourth-order valence-corrected chi connectivity index (χ4v) is 3.75. The van der Waals surface area contributed by atoms with Gasteiger partial charge >= 0.3 is 0 Å². The second kappa shape index (κ2) is 8.69. The van der Waals surface area contributed by atoms with Crippen molar-refractivity contribution in [2.45, 2.75) is 11.8 Å². The number of amides is 1. The summed E-state index contributed by atoms with van der Waals surface area (Å²) in [4.78, 5) is 12.4. The van der Waals surface area contributed by atoms with E-state index in [1.165, 1.54) is 25.1 Å². The van der Waals surface area contributed by atoms with Crippen LogP contribution in [-0.4, -0.2) is 34.0 Å². The predicted molar refractivity (Wildman–Crippen MR) is 104 cm³/mol. The molecule has 1 aliphatic rings. The molecule has 2 aromatic carbocycles. The number of benzene rings is 2. The zero-order chi connectivity index (χ0) is 18.7. The quantitative estimate of drug-likeness (QED) is 0.678. The summed E-state index contributed by atoms with van der Waals surface area (Å²) in [5.74, 6) is -0.426. The first kappa shape index (κ1) is 21.1. The Balaban J connectivity index is 0.00000261. The van der Waals surface area contributed by atoms with E-state index in [2.05, 4.69) is 15.4 Å². The Morgan fingerprint density at radius 1 is 1.22 bits per heavy atom. The highest BCUT2D eigenvalue weighted by atomic mass is 35.5. The lowest BCUT2D eigenvalue weighted by molar-refractivity contribution is 0.0943. The molecule has 0 aliphatic carbocycles. The summed E-state index contributed by atoms with van der Waals surface area (Å²) in [6.07, 6.45) is 0. The summed E-state index contributed by atoms with van der Waals surface area (Å²) in [7, 11) is -3.94. The number of carbonyl (C=O) groups is 1. The Morgan fingerprint density at radius 3 is 2.56 bits per heavy atom. The Bertz CT molecular complexity index is 933. The summed E-state index contributed by atoms with van der Waals surface area (Å²) >= 11 is 0. The monoisotopic (exact) mass is 413 g/mol. The minimum Gasteiger partial charge on any atom is -0.352 e. The summed E-state index contributed by atoms with van der Waals surface area (Å²) in [5, 5.41) is 5.94. The highest BCUT2D eigenvalue weighted by Gasteiger charge is 2.21. The van der Waals surface area contributed by atoms with Crippen molar-refractivity contribution < 1.29 is 17.6 Å². The molecule has 27 heavy (non-hydrogen) atoms. The molecule has 2 aromatic rings. The number of carbonyl (C=O) groups excluding carboxylic acids is 1. The van der Waals surface area contributed by atoms with Gasteiger partial charge < -0.3 is 10.6 Å². The van der Waals surface area contributed by atoms with Crippen molar-refractivity contribution in [3.8, 4) is 0 Å². The van der Waals surface area contributed by atoms with Crippen molar-refractivity contribution >= 4 is 34.0 Å². The predicted octanol–water partition coefficient (Wildman–Crippen LogP) is 2.31. The van der Waals surface area contributed by atoms with Gasteiger partial charge in [-0.05, 0) is 42.8 Å². The van der Waals surface area contributed by atoms with E-state index in [1.807, 2.05) is 0 Å². The molecule has 6 nitrogen and oxygen atoms in total. The highest BCUT2D eigenvalue weighted by molar-refractivity contribution is 7.92. The molecule has 146 valence electrons. The van der Waals surface area contributed by atoms with Gasteiger partial charge in [-0.15, -0.1) is 12.4 Å². The number of halogens is 2. The van der Waals surface area contributed by atoms with Crippen LogP contribution in [0.3, 0.4) is 0 Å². The molecule has 1 fully saturated rings. The van der Waals surface area contributed by atoms with Crippen LogP contribution < -0.4 is 15.4 Å². The Kier molecular flexibility index (Phi) is 6.80. The van der Waals surface area contributed by atoms with E-state index in [0.717, 1.165) is 19.2 Å². The zero-order valence-electron chi connectivity index (χ0n) is 14.7. The van der Waals surface area contributed by atoms with Gasteiger partial charge in [0, 0.05) is 25.6 Å². The molecule has 3 rings (SSSR count). The van der Waals surface area contributed by atoms with Gasteiger partial charge in [-0.3, -0.25) is 9.52 Å². The fourth-order valence-electron chi connectivity index (χ4n) is 2.58. The van der Waals surface area contributed by atoms with Gasteiger partial charge in [0.05, 0.1) is 16.1 Å². The number of sulfonamides is 1. The number of hydrogen-bond acceptors (Lipinski definition) is 4. The van der Waals surface area contributed by atoms with Crippen LogP contribution in [0.4, 0.5) is 10.1 Å². The normalized spacial score (nSPS) is 14.0. The Morgan fingerprint density at radius 2 is 1.93 bits per heavy atom. The average molecular weight is 414 g/mol. The number of rotatable bonds is 6. The van der Waals surface area contributed by atoms with Crippen molar-refractivity contribution in [2.75, 3.05) is 24.4 Å². The van der Waals surface area contributed by atoms with E-state index in [4.69, 9.17) is 0 Å². The third-order valence-corrected chi connectivity index (χ3v) is 5.64. The van der Waals surface area contributed by atoms with Crippen LogP contribution in [-0.2, 0) is 10.0 Å². The lowest BCUT2D eigenvalue weighted by atomic mass is 10.0. The first-order valence-corrected chi connectivity index (χ1v) is 9.72.